The number of hydrogen-bond donors (Lipinski definition) is 1. The summed E-state index contributed by atoms with van der Waals surface area (Å²) in [5, 5.41) is 3.15. The van der Waals surface area contributed by atoms with Crippen molar-refractivity contribution in [1.29, 1.82) is 0 Å². The van der Waals surface area contributed by atoms with Crippen molar-refractivity contribution in [2.75, 3.05) is 33.2 Å². The molecule has 1 aliphatic rings. The average Bonchev–Trinajstić information content (AvgIpc) is 2.39. The summed E-state index contributed by atoms with van der Waals surface area (Å²) in [5.74, 6) is -1.20. The molecule has 1 unspecified atom stereocenters. The molecule has 0 aliphatic carbocycles. The van der Waals surface area contributed by atoms with Crippen molar-refractivity contribution in [2.45, 2.75) is 12.8 Å². The molecule has 0 bridgehead atoms. The molecule has 110 valence electrons. The summed E-state index contributed by atoms with van der Waals surface area (Å²) < 4.78 is 26.4. The fourth-order valence-corrected chi connectivity index (χ4v) is 2.75. The standard InChI is InChI=1S/C15H20F2N2O/c1-18-8-11-3-2-6-19(9-11)10-15(20)13-5-4-12(16)7-14(13)17/h4-5,7,11,18H,2-3,6,8-10H2,1H3. The molecule has 1 aromatic carbocycles. The lowest BCUT2D eigenvalue weighted by Gasteiger charge is -2.32. The van der Waals surface area contributed by atoms with Crippen LogP contribution in [0.25, 0.3) is 0 Å². The van der Waals surface area contributed by atoms with Crippen LogP contribution in [0.5, 0.6) is 0 Å². The largest absolute Gasteiger partial charge is 0.319 e. The van der Waals surface area contributed by atoms with E-state index in [-0.39, 0.29) is 17.9 Å². The molecule has 1 N–H and O–H groups in total. The van der Waals surface area contributed by atoms with E-state index in [1.54, 1.807) is 0 Å². The first-order chi connectivity index (χ1) is 9.60. The van der Waals surface area contributed by atoms with Gasteiger partial charge in [0.25, 0.3) is 0 Å². The Labute approximate surface area is 118 Å². The smallest absolute Gasteiger partial charge is 0.179 e. The highest BCUT2D eigenvalue weighted by Gasteiger charge is 2.22. The maximum Gasteiger partial charge on any atom is 0.179 e. The predicted molar refractivity (Wildman–Crippen MR) is 73.8 cm³/mol. The number of piperidine rings is 1. The van der Waals surface area contributed by atoms with Crippen molar-refractivity contribution < 1.29 is 13.6 Å². The number of likely N-dealkylation sites (tertiary alicyclic amines) is 1. The van der Waals surface area contributed by atoms with Gasteiger partial charge in [-0.15, -0.1) is 0 Å². The summed E-state index contributed by atoms with van der Waals surface area (Å²) in [5.41, 5.74) is -0.0258. The van der Waals surface area contributed by atoms with E-state index in [1.165, 1.54) is 6.07 Å². The number of rotatable bonds is 5. The van der Waals surface area contributed by atoms with Crippen molar-refractivity contribution in [2.24, 2.45) is 5.92 Å². The Morgan fingerprint density at radius 2 is 2.25 bits per heavy atom. The molecule has 0 radical (unpaired) electrons. The first-order valence-electron chi connectivity index (χ1n) is 6.95. The van der Waals surface area contributed by atoms with Crippen LogP contribution in [0, 0.1) is 17.6 Å². The van der Waals surface area contributed by atoms with Gasteiger partial charge in [-0.25, -0.2) is 8.78 Å². The number of nitrogens with one attached hydrogen (secondary N) is 1. The van der Waals surface area contributed by atoms with Crippen LogP contribution in [0.4, 0.5) is 8.78 Å². The SMILES string of the molecule is CNCC1CCCN(CC(=O)c2ccc(F)cc2F)C1. The molecular formula is C15H20F2N2O. The van der Waals surface area contributed by atoms with E-state index in [0.717, 1.165) is 44.6 Å². The van der Waals surface area contributed by atoms with Crippen molar-refractivity contribution >= 4 is 5.78 Å². The van der Waals surface area contributed by atoms with E-state index < -0.39 is 11.6 Å². The Kier molecular flexibility index (Phi) is 5.20. The van der Waals surface area contributed by atoms with Gasteiger partial charge in [-0.2, -0.15) is 0 Å². The Morgan fingerprint density at radius 1 is 1.45 bits per heavy atom. The van der Waals surface area contributed by atoms with Gasteiger partial charge in [0.05, 0.1) is 12.1 Å². The number of Topliss-reactive ketones (excluding diaryl/α,β-unsaturated/α-hetero) is 1. The predicted octanol–water partition coefficient (Wildman–Crippen LogP) is 2.08. The average molecular weight is 282 g/mol. The second kappa shape index (κ2) is 6.90. The highest BCUT2D eigenvalue weighted by Crippen LogP contribution is 2.17. The topological polar surface area (TPSA) is 32.3 Å². The molecule has 1 atom stereocenters. The molecule has 20 heavy (non-hydrogen) atoms. The maximum absolute atomic E-state index is 13.6. The first kappa shape index (κ1) is 15.1. The van der Waals surface area contributed by atoms with Crippen LogP contribution in [0.1, 0.15) is 23.2 Å². The molecule has 5 heteroatoms. The molecule has 2 rings (SSSR count). The Balaban J connectivity index is 1.97. The third kappa shape index (κ3) is 3.84. The van der Waals surface area contributed by atoms with Gasteiger partial charge in [0.15, 0.2) is 5.78 Å². The zero-order chi connectivity index (χ0) is 14.5. The zero-order valence-corrected chi connectivity index (χ0v) is 11.7. The zero-order valence-electron chi connectivity index (χ0n) is 11.7. The maximum atomic E-state index is 13.6. The summed E-state index contributed by atoms with van der Waals surface area (Å²) in [4.78, 5) is 14.1. The van der Waals surface area contributed by atoms with Gasteiger partial charge < -0.3 is 5.32 Å². The van der Waals surface area contributed by atoms with Gasteiger partial charge in [0.2, 0.25) is 0 Å². The van der Waals surface area contributed by atoms with E-state index in [0.29, 0.717) is 5.92 Å². The minimum Gasteiger partial charge on any atom is -0.319 e. The Bertz CT molecular complexity index is 477. The molecule has 0 saturated carbocycles. The number of ketones is 1. The van der Waals surface area contributed by atoms with Gasteiger partial charge in [-0.3, -0.25) is 9.69 Å². The van der Waals surface area contributed by atoms with Gasteiger partial charge in [-0.05, 0) is 51.0 Å². The van der Waals surface area contributed by atoms with Gasteiger partial charge in [0, 0.05) is 12.6 Å². The molecule has 0 amide bonds. The van der Waals surface area contributed by atoms with Crippen molar-refractivity contribution in [3.8, 4) is 0 Å². The van der Waals surface area contributed by atoms with Crippen LogP contribution < -0.4 is 5.32 Å². The summed E-state index contributed by atoms with van der Waals surface area (Å²) in [6, 6.07) is 3.10. The summed E-state index contributed by atoms with van der Waals surface area (Å²) in [6.07, 6.45) is 2.20. The monoisotopic (exact) mass is 282 g/mol. The summed E-state index contributed by atoms with van der Waals surface area (Å²) in [6.45, 7) is 2.82. The molecule has 0 spiro atoms. The Hall–Kier alpha value is -1.33. The summed E-state index contributed by atoms with van der Waals surface area (Å²) >= 11 is 0. The van der Waals surface area contributed by atoms with Crippen LogP contribution in [-0.4, -0.2) is 43.9 Å². The molecule has 1 aromatic rings. The minimum atomic E-state index is -0.779. The lowest BCUT2D eigenvalue weighted by atomic mass is 9.97. The van der Waals surface area contributed by atoms with Crippen LogP contribution in [0.15, 0.2) is 18.2 Å². The number of carbonyl (C=O) groups is 1. The third-order valence-electron chi connectivity index (χ3n) is 3.69. The number of halogens is 2. The molecule has 1 saturated heterocycles. The molecule has 3 nitrogen and oxygen atoms in total. The van der Waals surface area contributed by atoms with Crippen LogP contribution >= 0.6 is 0 Å². The van der Waals surface area contributed by atoms with Crippen LogP contribution in [-0.2, 0) is 0 Å². The lowest BCUT2D eigenvalue weighted by Crippen LogP contribution is -2.41. The Morgan fingerprint density at radius 3 is 2.95 bits per heavy atom. The fraction of sp³-hybridized carbons (Fsp3) is 0.533. The second-order valence-corrected chi connectivity index (χ2v) is 5.35. The summed E-state index contributed by atoms with van der Waals surface area (Å²) in [7, 11) is 1.91. The molecule has 1 aliphatic heterocycles. The molecule has 0 aromatic heterocycles. The van der Waals surface area contributed by atoms with Gasteiger partial charge in [0.1, 0.15) is 11.6 Å². The van der Waals surface area contributed by atoms with Crippen LogP contribution in [0.3, 0.4) is 0 Å². The van der Waals surface area contributed by atoms with Crippen LogP contribution in [0.2, 0.25) is 0 Å². The normalized spacial score (nSPS) is 20.1. The lowest BCUT2D eigenvalue weighted by molar-refractivity contribution is 0.0882. The second-order valence-electron chi connectivity index (χ2n) is 5.35. The quantitative estimate of drug-likeness (QED) is 0.839. The van der Waals surface area contributed by atoms with E-state index in [4.69, 9.17) is 0 Å². The van der Waals surface area contributed by atoms with E-state index in [2.05, 4.69) is 10.2 Å². The fourth-order valence-electron chi connectivity index (χ4n) is 2.75. The number of benzene rings is 1. The first-order valence-corrected chi connectivity index (χ1v) is 6.95. The van der Waals surface area contributed by atoms with E-state index in [9.17, 15) is 13.6 Å². The number of nitrogens with zero attached hydrogens (tertiary/aromatic N) is 1. The molecule has 1 fully saturated rings. The molecular weight excluding hydrogens is 262 g/mol. The molecule has 1 heterocycles. The third-order valence-corrected chi connectivity index (χ3v) is 3.69. The highest BCUT2D eigenvalue weighted by molar-refractivity contribution is 5.97. The van der Waals surface area contributed by atoms with Crippen molar-refractivity contribution in [3.05, 3.63) is 35.4 Å². The number of hydrogen-bond acceptors (Lipinski definition) is 3. The van der Waals surface area contributed by atoms with E-state index >= 15 is 0 Å². The minimum absolute atomic E-state index is 0.0258. The van der Waals surface area contributed by atoms with Crippen molar-refractivity contribution in [3.63, 3.8) is 0 Å². The van der Waals surface area contributed by atoms with Gasteiger partial charge in [-0.1, -0.05) is 0 Å². The number of carbonyl (C=O) groups excluding carboxylic acids is 1. The van der Waals surface area contributed by atoms with Crippen molar-refractivity contribution in [1.82, 2.24) is 10.2 Å². The highest BCUT2D eigenvalue weighted by atomic mass is 19.1. The van der Waals surface area contributed by atoms with Gasteiger partial charge >= 0.3 is 0 Å². The van der Waals surface area contributed by atoms with E-state index in [1.807, 2.05) is 7.05 Å².